The lowest BCUT2D eigenvalue weighted by Crippen LogP contribution is -2.16. The Morgan fingerprint density at radius 2 is 1.68 bits per heavy atom. The van der Waals surface area contributed by atoms with Gasteiger partial charge in [-0.15, -0.1) is 0 Å². The lowest BCUT2D eigenvalue weighted by Gasteiger charge is -2.15. The van der Waals surface area contributed by atoms with Crippen molar-refractivity contribution in [3.8, 4) is 0 Å². The molecule has 0 saturated heterocycles. The molecule has 1 atom stereocenters. The van der Waals surface area contributed by atoms with Crippen molar-refractivity contribution in [2.45, 2.75) is 44.6 Å². The molecule has 6 nitrogen and oxygen atoms in total. The van der Waals surface area contributed by atoms with Crippen molar-refractivity contribution in [3.05, 3.63) is 53.1 Å². The van der Waals surface area contributed by atoms with Gasteiger partial charge in [-0.25, -0.2) is 4.39 Å². The maximum Gasteiger partial charge on any atom is 0.233 e. The van der Waals surface area contributed by atoms with Gasteiger partial charge in [0.25, 0.3) is 0 Å². The van der Waals surface area contributed by atoms with Crippen LogP contribution < -0.4 is 10.6 Å². The molecular formula is C21H23FN6. The SMILES string of the molecule is C[C@H](Nc1nc(NC2=NCC(C3CC3)=C2)nc(C2CC2)n1)c1ccc(F)cc1. The minimum absolute atomic E-state index is 0.0481. The summed E-state index contributed by atoms with van der Waals surface area (Å²) in [6.07, 6.45) is 6.92. The van der Waals surface area contributed by atoms with Crippen molar-refractivity contribution in [2.75, 3.05) is 17.2 Å². The van der Waals surface area contributed by atoms with Crippen LogP contribution in [0.25, 0.3) is 0 Å². The van der Waals surface area contributed by atoms with E-state index in [0.717, 1.165) is 42.5 Å². The fraction of sp³-hybridized carbons (Fsp3) is 0.429. The number of nitrogens with zero attached hydrogens (tertiary/aromatic N) is 4. The third-order valence-corrected chi connectivity index (χ3v) is 5.41. The molecule has 5 rings (SSSR count). The van der Waals surface area contributed by atoms with Gasteiger partial charge < -0.3 is 10.6 Å². The molecule has 144 valence electrons. The Kier molecular flexibility index (Phi) is 4.30. The summed E-state index contributed by atoms with van der Waals surface area (Å²) in [5.41, 5.74) is 2.38. The Morgan fingerprint density at radius 1 is 0.964 bits per heavy atom. The van der Waals surface area contributed by atoms with Crippen LogP contribution in [0.4, 0.5) is 16.3 Å². The summed E-state index contributed by atoms with van der Waals surface area (Å²) in [6.45, 7) is 2.78. The monoisotopic (exact) mass is 378 g/mol. The number of benzene rings is 1. The highest BCUT2D eigenvalue weighted by Crippen LogP contribution is 2.39. The van der Waals surface area contributed by atoms with Crippen LogP contribution >= 0.6 is 0 Å². The van der Waals surface area contributed by atoms with Crippen molar-refractivity contribution in [3.63, 3.8) is 0 Å². The predicted molar refractivity (Wildman–Crippen MR) is 107 cm³/mol. The van der Waals surface area contributed by atoms with Crippen LogP contribution in [0.3, 0.4) is 0 Å². The van der Waals surface area contributed by atoms with Crippen molar-refractivity contribution in [1.82, 2.24) is 15.0 Å². The van der Waals surface area contributed by atoms with Crippen molar-refractivity contribution in [1.29, 1.82) is 0 Å². The average Bonchev–Trinajstić information content (AvgIpc) is 3.60. The van der Waals surface area contributed by atoms with Gasteiger partial charge in [0.15, 0.2) is 0 Å². The topological polar surface area (TPSA) is 75.1 Å². The van der Waals surface area contributed by atoms with Crippen LogP contribution in [0, 0.1) is 11.7 Å². The highest BCUT2D eigenvalue weighted by molar-refractivity contribution is 6.04. The summed E-state index contributed by atoms with van der Waals surface area (Å²) in [4.78, 5) is 18.3. The van der Waals surface area contributed by atoms with E-state index in [1.165, 1.54) is 30.5 Å². The minimum atomic E-state index is -0.241. The molecule has 28 heavy (non-hydrogen) atoms. The number of amidine groups is 1. The molecule has 1 aliphatic heterocycles. The van der Waals surface area contributed by atoms with E-state index < -0.39 is 0 Å². The molecule has 0 spiro atoms. The number of aliphatic imine (C=N–C) groups is 1. The van der Waals surface area contributed by atoms with Crippen LogP contribution in [0.2, 0.25) is 0 Å². The van der Waals surface area contributed by atoms with E-state index in [1.54, 1.807) is 12.1 Å². The summed E-state index contributed by atoms with van der Waals surface area (Å²) < 4.78 is 13.2. The first-order valence-electron chi connectivity index (χ1n) is 9.94. The molecule has 2 saturated carbocycles. The first-order valence-corrected chi connectivity index (χ1v) is 9.94. The number of nitrogens with one attached hydrogen (secondary N) is 2. The third-order valence-electron chi connectivity index (χ3n) is 5.41. The Hall–Kier alpha value is -2.83. The molecule has 0 unspecified atom stereocenters. The number of hydrogen-bond donors (Lipinski definition) is 2. The summed E-state index contributed by atoms with van der Waals surface area (Å²) in [7, 11) is 0. The van der Waals surface area contributed by atoms with E-state index in [2.05, 4.69) is 36.7 Å². The second-order valence-corrected chi connectivity index (χ2v) is 7.85. The van der Waals surface area contributed by atoms with Crippen LogP contribution in [0.5, 0.6) is 0 Å². The van der Waals surface area contributed by atoms with Gasteiger partial charge in [-0.3, -0.25) is 4.99 Å². The van der Waals surface area contributed by atoms with Gasteiger partial charge in [0.1, 0.15) is 17.5 Å². The molecular weight excluding hydrogens is 355 g/mol. The van der Waals surface area contributed by atoms with E-state index in [9.17, 15) is 4.39 Å². The molecule has 0 radical (unpaired) electrons. The molecule has 1 aromatic carbocycles. The second-order valence-electron chi connectivity index (χ2n) is 7.85. The fourth-order valence-electron chi connectivity index (χ4n) is 3.40. The van der Waals surface area contributed by atoms with E-state index in [0.29, 0.717) is 17.8 Å². The van der Waals surface area contributed by atoms with Crippen LogP contribution in [-0.4, -0.2) is 27.3 Å². The predicted octanol–water partition coefficient (Wildman–Crippen LogP) is 4.22. The van der Waals surface area contributed by atoms with Gasteiger partial charge in [0.2, 0.25) is 11.9 Å². The standard InChI is InChI=1S/C21H23FN6/c1-12(13-6-8-17(22)9-7-13)24-20-26-19(15-4-5-15)27-21(28-20)25-18-10-16(11-23-18)14-2-3-14/h6-10,12,14-15H,2-5,11H2,1H3,(H2,23,24,25,26,27,28)/t12-/m0/s1. The van der Waals surface area contributed by atoms with Crippen LogP contribution in [0.1, 0.15) is 56.0 Å². The van der Waals surface area contributed by atoms with Crippen molar-refractivity contribution >= 4 is 17.7 Å². The molecule has 0 amide bonds. The molecule has 2 aliphatic carbocycles. The van der Waals surface area contributed by atoms with E-state index in [4.69, 9.17) is 0 Å². The zero-order valence-corrected chi connectivity index (χ0v) is 15.8. The second kappa shape index (κ2) is 6.96. The Morgan fingerprint density at radius 3 is 2.39 bits per heavy atom. The number of hydrogen-bond acceptors (Lipinski definition) is 6. The third kappa shape index (κ3) is 3.88. The Balaban J connectivity index is 1.35. The van der Waals surface area contributed by atoms with Crippen LogP contribution in [-0.2, 0) is 0 Å². The highest BCUT2D eigenvalue weighted by atomic mass is 19.1. The molecule has 3 aliphatic rings. The molecule has 2 N–H and O–H groups in total. The summed E-state index contributed by atoms with van der Waals surface area (Å²) in [6, 6.07) is 6.42. The minimum Gasteiger partial charge on any atom is -0.348 e. The molecule has 2 aromatic rings. The van der Waals surface area contributed by atoms with Gasteiger partial charge in [0.05, 0.1) is 12.6 Å². The first kappa shape index (κ1) is 17.3. The van der Waals surface area contributed by atoms with E-state index >= 15 is 0 Å². The number of rotatable bonds is 6. The number of halogens is 1. The lowest BCUT2D eigenvalue weighted by molar-refractivity contribution is 0.626. The van der Waals surface area contributed by atoms with E-state index in [1.807, 2.05) is 6.92 Å². The normalized spacial score (nSPS) is 19.8. The maximum atomic E-state index is 13.2. The van der Waals surface area contributed by atoms with Gasteiger partial charge in [-0.05, 0) is 67.9 Å². The van der Waals surface area contributed by atoms with Crippen molar-refractivity contribution < 1.29 is 4.39 Å². The lowest BCUT2D eigenvalue weighted by atomic mass is 10.1. The van der Waals surface area contributed by atoms with Crippen LogP contribution in [0.15, 0.2) is 40.9 Å². The van der Waals surface area contributed by atoms with Gasteiger partial charge in [-0.2, -0.15) is 15.0 Å². The summed E-state index contributed by atoms with van der Waals surface area (Å²) in [5, 5.41) is 6.58. The number of anilines is 2. The van der Waals surface area contributed by atoms with Gasteiger partial charge in [0, 0.05) is 5.92 Å². The zero-order valence-electron chi connectivity index (χ0n) is 15.8. The average molecular weight is 378 g/mol. The molecule has 1 aromatic heterocycles. The van der Waals surface area contributed by atoms with Gasteiger partial charge >= 0.3 is 0 Å². The number of aromatic nitrogens is 3. The van der Waals surface area contributed by atoms with Crippen molar-refractivity contribution in [2.24, 2.45) is 10.9 Å². The largest absolute Gasteiger partial charge is 0.348 e. The molecule has 7 heteroatoms. The smallest absolute Gasteiger partial charge is 0.233 e. The highest BCUT2D eigenvalue weighted by Gasteiger charge is 2.29. The molecule has 0 bridgehead atoms. The van der Waals surface area contributed by atoms with E-state index in [-0.39, 0.29) is 11.9 Å². The Bertz CT molecular complexity index is 944. The zero-order chi connectivity index (χ0) is 19.1. The summed E-state index contributed by atoms with van der Waals surface area (Å²) >= 11 is 0. The maximum absolute atomic E-state index is 13.2. The molecule has 2 heterocycles. The fourth-order valence-corrected chi connectivity index (χ4v) is 3.40. The Labute approximate surface area is 163 Å². The first-order chi connectivity index (χ1) is 13.6. The summed E-state index contributed by atoms with van der Waals surface area (Å²) in [5.74, 6) is 3.59. The quantitative estimate of drug-likeness (QED) is 0.787. The van der Waals surface area contributed by atoms with Gasteiger partial charge in [-0.1, -0.05) is 12.1 Å². The molecule has 2 fully saturated rings.